The number of benzene rings is 12. The zero-order valence-electron chi connectivity index (χ0n) is 43.7. The van der Waals surface area contributed by atoms with Crippen LogP contribution in [0.3, 0.4) is 0 Å². The SMILES string of the molecule is C(=C\c1ccc2c(c1)C(c1ccc(N(c3ccccc3)c3ccccc3)cc1)(c1ccc(N(c3ccccc3)c3ccccc3)cc1)c1cc(/C=C/c3ccc(-c4ccccc4)cc3)ccc1-2)/c1ccc(-c2ccccc2)cc1. The maximum absolute atomic E-state index is 2.44. The van der Waals surface area contributed by atoms with E-state index in [1.807, 2.05) is 0 Å². The average molecular weight is 1010 g/mol. The molecule has 0 atom stereocenters. The van der Waals surface area contributed by atoms with E-state index in [4.69, 9.17) is 0 Å². The Labute approximate surface area is 464 Å². The van der Waals surface area contributed by atoms with Gasteiger partial charge in [0.25, 0.3) is 0 Å². The number of rotatable bonds is 14. The van der Waals surface area contributed by atoms with Crippen LogP contribution in [-0.2, 0) is 5.41 Å². The first-order valence-corrected chi connectivity index (χ1v) is 27.1. The van der Waals surface area contributed by atoms with E-state index in [0.717, 1.165) is 56.4 Å². The van der Waals surface area contributed by atoms with Crippen molar-refractivity contribution in [3.8, 4) is 33.4 Å². The van der Waals surface area contributed by atoms with Crippen LogP contribution in [0.5, 0.6) is 0 Å². The maximum Gasteiger partial charge on any atom is 0.0714 e. The van der Waals surface area contributed by atoms with Crippen LogP contribution in [0, 0.1) is 0 Å². The Balaban J connectivity index is 0.984. The smallest absolute Gasteiger partial charge is 0.0714 e. The van der Waals surface area contributed by atoms with E-state index in [2.05, 4.69) is 350 Å². The summed E-state index contributed by atoms with van der Waals surface area (Å²) < 4.78 is 0. The Morgan fingerprint density at radius 3 is 0.785 bits per heavy atom. The molecular weight excluding hydrogens is 953 g/mol. The monoisotopic (exact) mass is 1010 g/mol. The number of anilines is 6. The highest BCUT2D eigenvalue weighted by atomic mass is 15.1. The molecule has 0 radical (unpaired) electrons. The Bertz CT molecular complexity index is 3690. The van der Waals surface area contributed by atoms with Crippen LogP contribution >= 0.6 is 0 Å². The second kappa shape index (κ2) is 21.8. The summed E-state index contributed by atoms with van der Waals surface area (Å²) in [5.74, 6) is 0. The molecule has 0 saturated heterocycles. The molecule has 1 aliphatic carbocycles. The predicted molar refractivity (Wildman–Crippen MR) is 335 cm³/mol. The molecule has 79 heavy (non-hydrogen) atoms. The van der Waals surface area contributed by atoms with Gasteiger partial charge in [-0.05, 0) is 163 Å². The standard InChI is InChI=1S/C77H56N2/c1-7-19-61(20-8-1)63-41-35-57(36-42-63)31-33-59-39-53-73-74-54-40-60(34-32-58-37-43-64(44-38-58)62-21-9-2-10-22-62)56-76(74)77(75(73)55-59,65-45-49-71(50-46-65)78(67-23-11-3-12-24-67)68-25-13-4-14-26-68)66-47-51-72(52-48-66)79(69-27-15-5-16-28-69)70-29-17-6-18-30-70/h1-56H/b33-31+,34-32+. The Morgan fingerprint density at radius 2 is 0.468 bits per heavy atom. The minimum absolute atomic E-state index is 0.723. The van der Waals surface area contributed by atoms with Gasteiger partial charge in [-0.3, -0.25) is 0 Å². The number of hydrogen-bond acceptors (Lipinski definition) is 2. The molecule has 0 bridgehead atoms. The average Bonchev–Trinajstić information content (AvgIpc) is 4.09. The number of fused-ring (bicyclic) bond motifs is 3. The molecule has 0 aliphatic heterocycles. The zero-order valence-corrected chi connectivity index (χ0v) is 43.7. The quantitative estimate of drug-likeness (QED) is 0.100. The van der Waals surface area contributed by atoms with Crippen LogP contribution in [0.25, 0.3) is 57.7 Å². The lowest BCUT2D eigenvalue weighted by molar-refractivity contribution is 0.768. The van der Waals surface area contributed by atoms with Gasteiger partial charge in [0.15, 0.2) is 0 Å². The van der Waals surface area contributed by atoms with Crippen LogP contribution in [0.1, 0.15) is 44.5 Å². The molecule has 0 heterocycles. The van der Waals surface area contributed by atoms with Crippen molar-refractivity contribution < 1.29 is 0 Å². The normalized spacial score (nSPS) is 12.3. The highest BCUT2D eigenvalue weighted by Crippen LogP contribution is 2.57. The van der Waals surface area contributed by atoms with Crippen molar-refractivity contribution in [2.45, 2.75) is 5.41 Å². The largest absolute Gasteiger partial charge is 0.311 e. The number of hydrogen-bond donors (Lipinski definition) is 0. The summed E-state index contributed by atoms with van der Waals surface area (Å²) in [6, 6.07) is 114. The molecule has 12 aromatic carbocycles. The highest BCUT2D eigenvalue weighted by molar-refractivity contribution is 5.90. The molecule has 0 N–H and O–H groups in total. The van der Waals surface area contributed by atoms with Crippen molar-refractivity contribution in [2.24, 2.45) is 0 Å². The summed E-state index contributed by atoms with van der Waals surface area (Å²) >= 11 is 0. The van der Waals surface area contributed by atoms with E-state index in [9.17, 15) is 0 Å². The summed E-state index contributed by atoms with van der Waals surface area (Å²) in [4.78, 5) is 4.68. The third kappa shape index (κ3) is 9.69. The third-order valence-corrected chi connectivity index (χ3v) is 15.3. The molecule has 1 aliphatic rings. The Hall–Kier alpha value is -10.3. The van der Waals surface area contributed by atoms with Gasteiger partial charge in [-0.25, -0.2) is 0 Å². The summed E-state index contributed by atoms with van der Waals surface area (Å²) in [7, 11) is 0. The van der Waals surface area contributed by atoms with Gasteiger partial charge in [0.05, 0.1) is 5.41 Å². The minimum Gasteiger partial charge on any atom is -0.311 e. The van der Waals surface area contributed by atoms with Crippen molar-refractivity contribution in [1.82, 2.24) is 0 Å². The molecular formula is C77H56N2. The first kappa shape index (κ1) is 48.4. The minimum atomic E-state index is -0.723. The van der Waals surface area contributed by atoms with Gasteiger partial charge in [0, 0.05) is 34.1 Å². The summed E-state index contributed by atoms with van der Waals surface area (Å²) in [5.41, 5.74) is 22.5. The van der Waals surface area contributed by atoms with Crippen LogP contribution in [0.2, 0.25) is 0 Å². The molecule has 0 spiro atoms. The van der Waals surface area contributed by atoms with Gasteiger partial charge in [0.2, 0.25) is 0 Å². The van der Waals surface area contributed by atoms with Crippen molar-refractivity contribution in [2.75, 3.05) is 9.80 Å². The summed E-state index contributed by atoms with van der Waals surface area (Å²) in [6.45, 7) is 0. The lowest BCUT2D eigenvalue weighted by Crippen LogP contribution is -2.29. The topological polar surface area (TPSA) is 6.48 Å². The van der Waals surface area contributed by atoms with Gasteiger partial charge in [-0.15, -0.1) is 0 Å². The van der Waals surface area contributed by atoms with Crippen molar-refractivity contribution >= 4 is 58.4 Å². The molecule has 2 heteroatoms. The fourth-order valence-corrected chi connectivity index (χ4v) is 11.5. The first-order valence-electron chi connectivity index (χ1n) is 27.1. The van der Waals surface area contributed by atoms with Crippen LogP contribution in [0.15, 0.2) is 315 Å². The lowest BCUT2D eigenvalue weighted by atomic mass is 9.67. The molecule has 374 valence electrons. The van der Waals surface area contributed by atoms with Gasteiger partial charge in [-0.1, -0.05) is 255 Å². The van der Waals surface area contributed by atoms with E-state index < -0.39 is 5.41 Å². The molecule has 13 rings (SSSR count). The van der Waals surface area contributed by atoms with Gasteiger partial charge < -0.3 is 9.80 Å². The molecule has 12 aromatic rings. The van der Waals surface area contributed by atoms with Crippen molar-refractivity contribution in [3.63, 3.8) is 0 Å². The molecule has 0 saturated carbocycles. The van der Waals surface area contributed by atoms with E-state index in [0.29, 0.717) is 0 Å². The maximum atomic E-state index is 2.44. The van der Waals surface area contributed by atoms with Crippen molar-refractivity contribution in [1.29, 1.82) is 0 Å². The molecule has 2 nitrogen and oxygen atoms in total. The molecule has 0 unspecified atom stereocenters. The second-order valence-corrected chi connectivity index (χ2v) is 20.1. The van der Waals surface area contributed by atoms with Crippen LogP contribution in [-0.4, -0.2) is 0 Å². The molecule has 0 amide bonds. The third-order valence-electron chi connectivity index (χ3n) is 15.3. The summed E-state index contributed by atoms with van der Waals surface area (Å²) in [6.07, 6.45) is 9.01. The first-order chi connectivity index (χ1) is 39.2. The van der Waals surface area contributed by atoms with E-state index in [1.54, 1.807) is 0 Å². The fraction of sp³-hybridized carbons (Fsp3) is 0.0130. The van der Waals surface area contributed by atoms with Gasteiger partial charge in [0.1, 0.15) is 0 Å². The second-order valence-electron chi connectivity index (χ2n) is 20.1. The van der Waals surface area contributed by atoms with Crippen molar-refractivity contribution in [3.05, 3.63) is 360 Å². The van der Waals surface area contributed by atoms with E-state index >= 15 is 0 Å². The zero-order chi connectivity index (χ0) is 52.8. The highest BCUT2D eigenvalue weighted by Gasteiger charge is 2.46. The summed E-state index contributed by atoms with van der Waals surface area (Å²) in [5, 5.41) is 0. The number of para-hydroxylation sites is 4. The predicted octanol–water partition coefficient (Wildman–Crippen LogP) is 20.7. The van der Waals surface area contributed by atoms with Gasteiger partial charge >= 0.3 is 0 Å². The molecule has 0 fully saturated rings. The van der Waals surface area contributed by atoms with Crippen LogP contribution < -0.4 is 9.80 Å². The van der Waals surface area contributed by atoms with Gasteiger partial charge in [-0.2, -0.15) is 0 Å². The number of nitrogens with zero attached hydrogens (tertiary/aromatic N) is 2. The Morgan fingerprint density at radius 1 is 0.215 bits per heavy atom. The fourth-order valence-electron chi connectivity index (χ4n) is 11.5. The Kier molecular flexibility index (Phi) is 13.3. The lowest BCUT2D eigenvalue weighted by Gasteiger charge is -2.35. The van der Waals surface area contributed by atoms with E-state index in [-0.39, 0.29) is 0 Å². The van der Waals surface area contributed by atoms with Crippen LogP contribution in [0.4, 0.5) is 34.1 Å². The molecule has 0 aromatic heterocycles. The van der Waals surface area contributed by atoms with E-state index in [1.165, 1.54) is 55.6 Å².